The highest BCUT2D eigenvalue weighted by molar-refractivity contribution is 4.69. The van der Waals surface area contributed by atoms with Gasteiger partial charge in [0.05, 0.1) is 11.7 Å². The van der Waals surface area contributed by atoms with Crippen molar-refractivity contribution < 1.29 is 4.74 Å². The average Bonchev–Trinajstić information content (AvgIpc) is 1.87. The van der Waals surface area contributed by atoms with Crippen molar-refractivity contribution in [3.63, 3.8) is 0 Å². The van der Waals surface area contributed by atoms with E-state index in [1.54, 1.807) is 0 Å². The van der Waals surface area contributed by atoms with Crippen molar-refractivity contribution in [1.82, 2.24) is 0 Å². The molecule has 0 aromatic rings. The van der Waals surface area contributed by atoms with Crippen molar-refractivity contribution >= 4 is 0 Å². The summed E-state index contributed by atoms with van der Waals surface area (Å²) in [4.78, 5) is 0. The summed E-state index contributed by atoms with van der Waals surface area (Å²) in [5.41, 5.74) is 0.00241. The molecule has 0 N–H and O–H groups in total. The third-order valence-electron chi connectivity index (χ3n) is 1.79. The van der Waals surface area contributed by atoms with Crippen molar-refractivity contribution in [2.75, 3.05) is 0 Å². The quantitative estimate of drug-likeness (QED) is 0.588. The van der Waals surface area contributed by atoms with E-state index in [4.69, 9.17) is 4.74 Å². The topological polar surface area (TPSA) is 9.23 Å². The van der Waals surface area contributed by atoms with Gasteiger partial charge in [-0.2, -0.15) is 0 Å². The molecule has 0 amide bonds. The van der Waals surface area contributed by atoms with E-state index in [-0.39, 0.29) is 11.7 Å². The Morgan fingerprint density at radius 3 is 2.20 bits per heavy atom. The highest BCUT2D eigenvalue weighted by atomic mass is 16.5. The lowest BCUT2D eigenvalue weighted by Crippen LogP contribution is -2.28. The van der Waals surface area contributed by atoms with Gasteiger partial charge in [-0.3, -0.25) is 0 Å². The van der Waals surface area contributed by atoms with Crippen molar-refractivity contribution in [2.45, 2.75) is 52.2 Å². The molecule has 0 saturated carbocycles. The first-order valence-corrected chi connectivity index (χ1v) is 4.02. The van der Waals surface area contributed by atoms with Crippen LogP contribution in [0.25, 0.3) is 0 Å². The van der Waals surface area contributed by atoms with Gasteiger partial charge in [-0.15, -0.1) is 0 Å². The summed E-state index contributed by atoms with van der Waals surface area (Å²) in [5.74, 6) is 0. The second-order valence-electron chi connectivity index (χ2n) is 3.26. The Morgan fingerprint density at radius 1 is 1.40 bits per heavy atom. The van der Waals surface area contributed by atoms with Crippen LogP contribution >= 0.6 is 0 Å². The first-order chi connectivity index (χ1) is 4.52. The van der Waals surface area contributed by atoms with Crippen LogP contribution < -0.4 is 0 Å². The van der Waals surface area contributed by atoms with Crippen molar-refractivity contribution in [1.29, 1.82) is 0 Å². The maximum atomic E-state index is 5.62. The van der Waals surface area contributed by atoms with E-state index >= 15 is 0 Å². The Balaban J connectivity index is 3.64. The predicted octanol–water partition coefficient (Wildman–Crippen LogP) is 2.80. The Labute approximate surface area is 64.8 Å². The molecule has 0 saturated heterocycles. The maximum Gasteiger partial charge on any atom is 0.0627 e. The van der Waals surface area contributed by atoms with Gasteiger partial charge < -0.3 is 4.74 Å². The van der Waals surface area contributed by atoms with E-state index in [9.17, 15) is 0 Å². The minimum Gasteiger partial charge on any atom is -0.372 e. The molecule has 1 atom stereocenters. The molecule has 0 bridgehead atoms. The summed E-state index contributed by atoms with van der Waals surface area (Å²) in [6, 6.07) is 0. The largest absolute Gasteiger partial charge is 0.372 e. The van der Waals surface area contributed by atoms with Gasteiger partial charge in [0, 0.05) is 0 Å². The number of hydrogen-bond acceptors (Lipinski definition) is 1. The van der Waals surface area contributed by atoms with E-state index in [0.29, 0.717) is 0 Å². The Kier molecular flexibility index (Phi) is 3.95. The van der Waals surface area contributed by atoms with Gasteiger partial charge in [0.15, 0.2) is 0 Å². The molecule has 0 aliphatic heterocycles. The predicted molar refractivity (Wildman–Crippen MR) is 44.9 cm³/mol. The van der Waals surface area contributed by atoms with E-state index in [1.165, 1.54) is 0 Å². The summed E-state index contributed by atoms with van der Waals surface area (Å²) < 4.78 is 5.62. The number of rotatable bonds is 4. The Morgan fingerprint density at radius 2 is 1.90 bits per heavy atom. The molecule has 1 heteroatoms. The van der Waals surface area contributed by atoms with Gasteiger partial charge in [0.2, 0.25) is 0 Å². The van der Waals surface area contributed by atoms with Gasteiger partial charge in [0.25, 0.3) is 0 Å². The first-order valence-electron chi connectivity index (χ1n) is 4.02. The molecule has 1 radical (unpaired) electrons. The summed E-state index contributed by atoms with van der Waals surface area (Å²) in [6.07, 6.45) is 2.18. The molecule has 0 aliphatic carbocycles. The molecule has 1 unspecified atom stereocenters. The summed E-state index contributed by atoms with van der Waals surface area (Å²) in [5, 5.41) is 0. The van der Waals surface area contributed by atoms with Gasteiger partial charge >= 0.3 is 0 Å². The zero-order valence-corrected chi connectivity index (χ0v) is 7.61. The van der Waals surface area contributed by atoms with Crippen LogP contribution in [-0.2, 0) is 4.74 Å². The van der Waals surface area contributed by atoms with E-state index in [1.807, 2.05) is 0 Å². The molecule has 0 fully saturated rings. The molecule has 0 spiro atoms. The van der Waals surface area contributed by atoms with E-state index < -0.39 is 0 Å². The minimum absolute atomic E-state index is 0.00241. The third kappa shape index (κ3) is 3.89. The average molecular weight is 143 g/mol. The fourth-order valence-electron chi connectivity index (χ4n) is 0.618. The number of hydrogen-bond donors (Lipinski definition) is 0. The highest BCUT2D eigenvalue weighted by Crippen LogP contribution is 2.16. The number of ether oxygens (including phenoxy) is 1. The lowest BCUT2D eigenvalue weighted by atomic mass is 10.1. The van der Waals surface area contributed by atoms with Gasteiger partial charge in [0.1, 0.15) is 0 Å². The maximum absolute atomic E-state index is 5.62. The first kappa shape index (κ1) is 9.96. The van der Waals surface area contributed by atoms with Crippen LogP contribution in [0.5, 0.6) is 0 Å². The molecule has 0 rings (SSSR count). The van der Waals surface area contributed by atoms with Gasteiger partial charge in [-0.25, -0.2) is 0 Å². The normalized spacial score (nSPS) is 15.3. The Hall–Kier alpha value is -0.0400. The molecule has 10 heavy (non-hydrogen) atoms. The van der Waals surface area contributed by atoms with Crippen LogP contribution in [0.1, 0.15) is 40.5 Å². The monoisotopic (exact) mass is 143 g/mol. The lowest BCUT2D eigenvalue weighted by Gasteiger charge is -2.27. The van der Waals surface area contributed by atoms with Crippen LogP contribution in [0.15, 0.2) is 0 Å². The summed E-state index contributed by atoms with van der Waals surface area (Å²) in [7, 11) is 0. The van der Waals surface area contributed by atoms with Crippen LogP contribution in [-0.4, -0.2) is 11.7 Å². The van der Waals surface area contributed by atoms with Crippen LogP contribution in [0.3, 0.4) is 0 Å². The molecular formula is C9H19O. The summed E-state index contributed by atoms with van der Waals surface area (Å²) >= 11 is 0. The molecule has 0 heterocycles. The molecule has 0 aromatic carbocycles. The van der Waals surface area contributed by atoms with Crippen molar-refractivity contribution in [3.05, 3.63) is 6.92 Å². The minimum atomic E-state index is 0.00241. The SMILES string of the molecule is [CH2]C(CC)OC(C)(C)CC. The zero-order chi connectivity index (χ0) is 8.20. The molecule has 0 aliphatic rings. The van der Waals surface area contributed by atoms with Crippen molar-refractivity contribution in [2.24, 2.45) is 0 Å². The fourth-order valence-corrected chi connectivity index (χ4v) is 0.618. The zero-order valence-electron chi connectivity index (χ0n) is 7.61. The van der Waals surface area contributed by atoms with E-state index in [2.05, 4.69) is 34.6 Å². The van der Waals surface area contributed by atoms with Crippen LogP contribution in [0, 0.1) is 6.92 Å². The molecule has 61 valence electrons. The van der Waals surface area contributed by atoms with Gasteiger partial charge in [-0.1, -0.05) is 13.8 Å². The second-order valence-corrected chi connectivity index (χ2v) is 3.26. The molecular weight excluding hydrogens is 124 g/mol. The smallest absolute Gasteiger partial charge is 0.0627 e. The molecule has 1 nitrogen and oxygen atoms in total. The molecule has 0 aromatic heterocycles. The van der Waals surface area contributed by atoms with Crippen LogP contribution in [0.2, 0.25) is 0 Å². The lowest BCUT2D eigenvalue weighted by molar-refractivity contribution is -0.0552. The fraction of sp³-hybridized carbons (Fsp3) is 0.889. The van der Waals surface area contributed by atoms with Gasteiger partial charge in [-0.05, 0) is 33.6 Å². The summed E-state index contributed by atoms with van der Waals surface area (Å²) in [6.45, 7) is 12.3. The van der Waals surface area contributed by atoms with Crippen LogP contribution in [0.4, 0.5) is 0 Å². The highest BCUT2D eigenvalue weighted by Gasteiger charge is 2.17. The second kappa shape index (κ2) is 3.97. The standard InChI is InChI=1S/C9H19O/c1-6-8(3)10-9(4,5)7-2/h8H,3,6-7H2,1-2,4-5H3. The van der Waals surface area contributed by atoms with E-state index in [0.717, 1.165) is 12.8 Å². The van der Waals surface area contributed by atoms with Crippen molar-refractivity contribution in [3.8, 4) is 0 Å². The third-order valence-corrected chi connectivity index (χ3v) is 1.79. The Bertz CT molecular complexity index is 86.7.